The summed E-state index contributed by atoms with van der Waals surface area (Å²) in [5, 5.41) is 2.02. The summed E-state index contributed by atoms with van der Waals surface area (Å²) in [6, 6.07) is 5.92. The Morgan fingerprint density at radius 1 is 1.44 bits per heavy atom. The van der Waals surface area contributed by atoms with Crippen LogP contribution in [-0.2, 0) is 0 Å². The Kier molecular flexibility index (Phi) is 3.48. The molecule has 0 fully saturated rings. The van der Waals surface area contributed by atoms with Crippen LogP contribution < -0.4 is 10.6 Å². The van der Waals surface area contributed by atoms with Gasteiger partial charge in [-0.25, -0.2) is 9.97 Å². The molecule has 0 aliphatic heterocycles. The maximum absolute atomic E-state index is 5.52. The standard InChI is InChI=1S/C11H14N4S/c1-15(7-5-12)10-4-6-13-11(14-10)9-3-2-8-16-9/h2-4,6,8H,5,7,12H2,1H3. The van der Waals surface area contributed by atoms with Gasteiger partial charge in [0.05, 0.1) is 4.88 Å². The number of aromatic nitrogens is 2. The van der Waals surface area contributed by atoms with E-state index in [1.54, 1.807) is 17.5 Å². The van der Waals surface area contributed by atoms with Crippen LogP contribution in [0.2, 0.25) is 0 Å². The lowest BCUT2D eigenvalue weighted by atomic mass is 10.4. The van der Waals surface area contributed by atoms with Crippen LogP contribution >= 0.6 is 11.3 Å². The molecular formula is C11H14N4S. The zero-order valence-electron chi connectivity index (χ0n) is 9.13. The van der Waals surface area contributed by atoms with Gasteiger partial charge in [-0.1, -0.05) is 6.07 Å². The van der Waals surface area contributed by atoms with E-state index in [1.165, 1.54) is 0 Å². The number of rotatable bonds is 4. The van der Waals surface area contributed by atoms with Crippen molar-refractivity contribution in [3.05, 3.63) is 29.8 Å². The normalized spacial score (nSPS) is 10.4. The van der Waals surface area contributed by atoms with Gasteiger partial charge in [0.1, 0.15) is 5.82 Å². The summed E-state index contributed by atoms with van der Waals surface area (Å²) in [5.41, 5.74) is 5.52. The molecule has 16 heavy (non-hydrogen) atoms. The fourth-order valence-corrected chi connectivity index (χ4v) is 2.06. The van der Waals surface area contributed by atoms with E-state index in [0.29, 0.717) is 6.54 Å². The van der Waals surface area contributed by atoms with Crippen LogP contribution in [0.15, 0.2) is 29.8 Å². The Bertz CT molecular complexity index is 441. The van der Waals surface area contributed by atoms with Gasteiger partial charge in [-0.05, 0) is 17.5 Å². The summed E-state index contributed by atoms with van der Waals surface area (Å²) >= 11 is 1.64. The van der Waals surface area contributed by atoms with Crippen molar-refractivity contribution in [3.63, 3.8) is 0 Å². The van der Waals surface area contributed by atoms with Crippen molar-refractivity contribution in [2.24, 2.45) is 5.73 Å². The Morgan fingerprint density at radius 2 is 2.31 bits per heavy atom. The Hall–Kier alpha value is -1.46. The van der Waals surface area contributed by atoms with Gasteiger partial charge < -0.3 is 10.6 Å². The molecule has 0 atom stereocenters. The van der Waals surface area contributed by atoms with Crippen LogP contribution in [0.3, 0.4) is 0 Å². The highest BCUT2D eigenvalue weighted by atomic mass is 32.1. The first-order valence-corrected chi connectivity index (χ1v) is 5.97. The zero-order chi connectivity index (χ0) is 11.4. The predicted molar refractivity (Wildman–Crippen MR) is 67.7 cm³/mol. The first-order valence-electron chi connectivity index (χ1n) is 5.09. The molecule has 0 aliphatic carbocycles. The summed E-state index contributed by atoms with van der Waals surface area (Å²) < 4.78 is 0. The Balaban J connectivity index is 2.26. The minimum Gasteiger partial charge on any atom is -0.358 e. The second-order valence-electron chi connectivity index (χ2n) is 3.43. The number of thiophene rings is 1. The van der Waals surface area contributed by atoms with E-state index in [-0.39, 0.29) is 0 Å². The highest BCUT2D eigenvalue weighted by Gasteiger charge is 2.06. The molecule has 0 bridgehead atoms. The number of likely N-dealkylation sites (N-methyl/N-ethyl adjacent to an activating group) is 1. The van der Waals surface area contributed by atoms with Gasteiger partial charge >= 0.3 is 0 Å². The van der Waals surface area contributed by atoms with E-state index in [2.05, 4.69) is 9.97 Å². The maximum Gasteiger partial charge on any atom is 0.171 e. The molecule has 2 aromatic heterocycles. The van der Waals surface area contributed by atoms with E-state index in [0.717, 1.165) is 23.1 Å². The van der Waals surface area contributed by atoms with E-state index in [1.807, 2.05) is 35.5 Å². The van der Waals surface area contributed by atoms with Crippen molar-refractivity contribution in [2.75, 3.05) is 25.0 Å². The van der Waals surface area contributed by atoms with Crippen LogP contribution in [-0.4, -0.2) is 30.1 Å². The quantitative estimate of drug-likeness (QED) is 0.873. The number of hydrogen-bond acceptors (Lipinski definition) is 5. The number of nitrogens with two attached hydrogens (primary N) is 1. The maximum atomic E-state index is 5.52. The minimum atomic E-state index is 0.620. The molecule has 0 aliphatic rings. The second kappa shape index (κ2) is 5.05. The Morgan fingerprint density at radius 3 is 3.00 bits per heavy atom. The molecule has 0 saturated heterocycles. The van der Waals surface area contributed by atoms with Gasteiger partial charge in [0.15, 0.2) is 5.82 Å². The third kappa shape index (κ3) is 2.37. The average Bonchev–Trinajstić information content (AvgIpc) is 2.83. The molecule has 0 spiro atoms. The van der Waals surface area contributed by atoms with Crippen molar-refractivity contribution in [1.29, 1.82) is 0 Å². The third-order valence-electron chi connectivity index (χ3n) is 2.24. The molecule has 2 rings (SSSR count). The first-order chi connectivity index (χ1) is 7.81. The lowest BCUT2D eigenvalue weighted by Crippen LogP contribution is -2.25. The van der Waals surface area contributed by atoms with E-state index >= 15 is 0 Å². The molecule has 2 aromatic rings. The van der Waals surface area contributed by atoms with E-state index in [9.17, 15) is 0 Å². The van der Waals surface area contributed by atoms with Crippen LogP contribution in [0.4, 0.5) is 5.82 Å². The fraction of sp³-hybridized carbons (Fsp3) is 0.273. The van der Waals surface area contributed by atoms with E-state index < -0.39 is 0 Å². The molecule has 0 aromatic carbocycles. The van der Waals surface area contributed by atoms with Gasteiger partial charge in [-0.2, -0.15) is 0 Å². The molecule has 84 valence electrons. The second-order valence-corrected chi connectivity index (χ2v) is 4.37. The lowest BCUT2D eigenvalue weighted by Gasteiger charge is -2.16. The van der Waals surface area contributed by atoms with E-state index in [4.69, 9.17) is 5.73 Å². The summed E-state index contributed by atoms with van der Waals surface area (Å²) in [6.07, 6.45) is 1.78. The van der Waals surface area contributed by atoms with Gasteiger partial charge in [0.25, 0.3) is 0 Å². The molecule has 2 heterocycles. The van der Waals surface area contributed by atoms with Crippen LogP contribution in [0.25, 0.3) is 10.7 Å². The first kappa shape index (κ1) is 11.0. The van der Waals surface area contributed by atoms with Gasteiger partial charge in [-0.15, -0.1) is 11.3 Å². The smallest absolute Gasteiger partial charge is 0.171 e. The third-order valence-corrected chi connectivity index (χ3v) is 3.10. The van der Waals surface area contributed by atoms with Crippen molar-refractivity contribution >= 4 is 17.2 Å². The van der Waals surface area contributed by atoms with Crippen molar-refractivity contribution in [1.82, 2.24) is 9.97 Å². The average molecular weight is 234 g/mol. The molecule has 0 saturated carbocycles. The summed E-state index contributed by atoms with van der Waals surface area (Å²) in [5.74, 6) is 1.68. The predicted octanol–water partition coefficient (Wildman–Crippen LogP) is 1.60. The van der Waals surface area contributed by atoms with Crippen molar-refractivity contribution in [2.45, 2.75) is 0 Å². The molecule has 4 nitrogen and oxygen atoms in total. The van der Waals surface area contributed by atoms with Crippen molar-refractivity contribution in [3.8, 4) is 10.7 Å². The van der Waals surface area contributed by atoms with Crippen LogP contribution in [0.1, 0.15) is 0 Å². The largest absolute Gasteiger partial charge is 0.358 e. The van der Waals surface area contributed by atoms with Crippen LogP contribution in [0, 0.1) is 0 Å². The molecular weight excluding hydrogens is 220 g/mol. The van der Waals surface area contributed by atoms with Gasteiger partial charge in [0, 0.05) is 26.3 Å². The van der Waals surface area contributed by atoms with Gasteiger partial charge in [0.2, 0.25) is 0 Å². The van der Waals surface area contributed by atoms with Gasteiger partial charge in [-0.3, -0.25) is 0 Å². The molecule has 0 unspecified atom stereocenters. The fourth-order valence-electron chi connectivity index (χ4n) is 1.39. The topological polar surface area (TPSA) is 55.0 Å². The zero-order valence-corrected chi connectivity index (χ0v) is 9.94. The summed E-state index contributed by atoms with van der Waals surface area (Å²) in [7, 11) is 1.98. The molecule has 5 heteroatoms. The number of anilines is 1. The SMILES string of the molecule is CN(CCN)c1ccnc(-c2cccs2)n1. The van der Waals surface area contributed by atoms with Crippen molar-refractivity contribution < 1.29 is 0 Å². The number of hydrogen-bond donors (Lipinski definition) is 1. The molecule has 0 amide bonds. The lowest BCUT2D eigenvalue weighted by molar-refractivity contribution is 0.865. The Labute approximate surface area is 98.8 Å². The highest BCUT2D eigenvalue weighted by molar-refractivity contribution is 7.13. The molecule has 0 radical (unpaired) electrons. The highest BCUT2D eigenvalue weighted by Crippen LogP contribution is 2.22. The van der Waals surface area contributed by atoms with Crippen LogP contribution in [0.5, 0.6) is 0 Å². The summed E-state index contributed by atoms with van der Waals surface area (Å²) in [6.45, 7) is 1.41. The summed E-state index contributed by atoms with van der Waals surface area (Å²) in [4.78, 5) is 11.9. The molecule has 2 N–H and O–H groups in total. The minimum absolute atomic E-state index is 0.620. The monoisotopic (exact) mass is 234 g/mol. The number of nitrogens with zero attached hydrogens (tertiary/aromatic N) is 3.